The molecule has 0 radical (unpaired) electrons. The van der Waals surface area contributed by atoms with Crippen molar-refractivity contribution in [3.8, 4) is 0 Å². The van der Waals surface area contributed by atoms with E-state index < -0.39 is 5.60 Å². The normalized spacial score (nSPS) is 44.1. The monoisotopic (exact) mass is 445 g/mol. The van der Waals surface area contributed by atoms with Crippen LogP contribution in [0, 0.1) is 34.5 Å². The summed E-state index contributed by atoms with van der Waals surface area (Å²) in [6.45, 7) is 6.02. The van der Waals surface area contributed by atoms with E-state index in [9.17, 15) is 20.1 Å². The van der Waals surface area contributed by atoms with Gasteiger partial charge in [-0.1, -0.05) is 19.9 Å². The minimum absolute atomic E-state index is 0.0279. The van der Waals surface area contributed by atoms with E-state index in [1.54, 1.807) is 6.20 Å². The number of aliphatic hydroxyl groups excluding tert-OH is 2. The van der Waals surface area contributed by atoms with Crippen LogP contribution in [0.15, 0.2) is 24.4 Å². The summed E-state index contributed by atoms with van der Waals surface area (Å²) in [5.41, 5.74) is -0.722. The summed E-state index contributed by atoms with van der Waals surface area (Å²) >= 11 is 0. The van der Waals surface area contributed by atoms with E-state index in [4.69, 9.17) is 4.74 Å². The van der Waals surface area contributed by atoms with Crippen LogP contribution < -0.4 is 0 Å². The Kier molecular flexibility index (Phi) is 6.43. The molecule has 3 aliphatic rings. The van der Waals surface area contributed by atoms with Gasteiger partial charge in [0.25, 0.3) is 0 Å². The maximum atomic E-state index is 11.9. The van der Waals surface area contributed by atoms with Crippen LogP contribution in [0.1, 0.15) is 71.4 Å². The molecule has 0 bridgehead atoms. The molecule has 1 heterocycles. The number of hydrogen-bond donors (Lipinski definition) is 3. The summed E-state index contributed by atoms with van der Waals surface area (Å²) in [5.74, 6) is 0.278. The number of nitrogens with zero attached hydrogens (tertiary/aromatic N) is 1. The molecular weight excluding hydrogens is 406 g/mol. The Morgan fingerprint density at radius 2 is 1.84 bits per heavy atom. The summed E-state index contributed by atoms with van der Waals surface area (Å²) in [6, 6.07) is 5.73. The number of pyridine rings is 1. The molecule has 178 valence electrons. The SMILES string of the molecule is CC(=O)OC1CCC(C)([C@H]2CC[C@@]3(C)[C@@H](CC[C@@]3(O)c3ccccn3)[C@@H]2CO)C(CO)C1. The fourth-order valence-corrected chi connectivity index (χ4v) is 7.90. The van der Waals surface area contributed by atoms with Crippen molar-refractivity contribution in [2.24, 2.45) is 34.5 Å². The van der Waals surface area contributed by atoms with Crippen molar-refractivity contribution in [2.75, 3.05) is 13.2 Å². The number of carbonyl (C=O) groups excluding carboxylic acids is 1. The molecular formula is C26H39NO5. The lowest BCUT2D eigenvalue weighted by molar-refractivity contribution is -0.165. The van der Waals surface area contributed by atoms with Gasteiger partial charge in [0.15, 0.2) is 0 Å². The Bertz CT molecular complexity index is 818. The average Bonchev–Trinajstić information content (AvgIpc) is 3.06. The molecule has 0 saturated heterocycles. The fourth-order valence-electron chi connectivity index (χ4n) is 7.90. The third kappa shape index (κ3) is 3.59. The van der Waals surface area contributed by atoms with E-state index >= 15 is 0 Å². The molecule has 8 atom stereocenters. The van der Waals surface area contributed by atoms with Crippen LogP contribution >= 0.6 is 0 Å². The lowest BCUT2D eigenvalue weighted by Crippen LogP contribution is -2.55. The molecule has 3 saturated carbocycles. The van der Waals surface area contributed by atoms with Crippen LogP contribution in [0.3, 0.4) is 0 Å². The smallest absolute Gasteiger partial charge is 0.302 e. The first-order valence-electron chi connectivity index (χ1n) is 12.2. The zero-order valence-electron chi connectivity index (χ0n) is 19.7. The van der Waals surface area contributed by atoms with Crippen molar-refractivity contribution in [2.45, 2.75) is 77.4 Å². The van der Waals surface area contributed by atoms with Gasteiger partial charge in [0.2, 0.25) is 0 Å². The van der Waals surface area contributed by atoms with Gasteiger partial charge in [-0.25, -0.2) is 0 Å². The minimum atomic E-state index is -0.985. The van der Waals surface area contributed by atoms with Crippen LogP contribution in [0.5, 0.6) is 0 Å². The molecule has 3 aliphatic carbocycles. The molecule has 1 aromatic heterocycles. The Balaban J connectivity index is 1.61. The fraction of sp³-hybridized carbons (Fsp3) is 0.769. The summed E-state index contributed by atoms with van der Waals surface area (Å²) < 4.78 is 5.48. The summed E-state index contributed by atoms with van der Waals surface area (Å²) in [6.07, 6.45) is 7.22. The number of esters is 1. The third-order valence-electron chi connectivity index (χ3n) is 9.77. The molecule has 0 aromatic carbocycles. The van der Waals surface area contributed by atoms with Crippen molar-refractivity contribution in [1.82, 2.24) is 4.98 Å². The number of aromatic nitrogens is 1. The number of fused-ring (bicyclic) bond motifs is 1. The lowest BCUT2D eigenvalue weighted by atomic mass is 9.48. The molecule has 3 fully saturated rings. The lowest BCUT2D eigenvalue weighted by Gasteiger charge is -2.58. The highest BCUT2D eigenvalue weighted by Crippen LogP contribution is 2.67. The predicted octanol–water partition coefficient (Wildman–Crippen LogP) is 3.43. The molecule has 32 heavy (non-hydrogen) atoms. The molecule has 3 N–H and O–H groups in total. The molecule has 0 spiro atoms. The highest BCUT2D eigenvalue weighted by atomic mass is 16.5. The largest absolute Gasteiger partial charge is 0.463 e. The quantitative estimate of drug-likeness (QED) is 0.601. The van der Waals surface area contributed by atoms with Gasteiger partial charge >= 0.3 is 5.97 Å². The van der Waals surface area contributed by atoms with Gasteiger partial charge < -0.3 is 20.1 Å². The van der Waals surface area contributed by atoms with Gasteiger partial charge in [-0.05, 0) is 86.2 Å². The van der Waals surface area contributed by atoms with Gasteiger partial charge in [-0.2, -0.15) is 0 Å². The number of aliphatic hydroxyl groups is 3. The number of ether oxygens (including phenoxy) is 1. The Hall–Kier alpha value is -1.50. The van der Waals surface area contributed by atoms with Crippen molar-refractivity contribution < 1.29 is 24.9 Å². The van der Waals surface area contributed by atoms with E-state index in [1.165, 1.54) is 6.92 Å². The van der Waals surface area contributed by atoms with Gasteiger partial charge in [0, 0.05) is 31.7 Å². The first-order chi connectivity index (χ1) is 15.2. The Morgan fingerprint density at radius 3 is 2.47 bits per heavy atom. The first-order valence-corrected chi connectivity index (χ1v) is 12.2. The van der Waals surface area contributed by atoms with Crippen molar-refractivity contribution in [1.29, 1.82) is 0 Å². The zero-order valence-corrected chi connectivity index (χ0v) is 19.7. The average molecular weight is 446 g/mol. The summed E-state index contributed by atoms with van der Waals surface area (Å²) in [4.78, 5) is 16.0. The molecule has 4 rings (SSSR count). The summed E-state index contributed by atoms with van der Waals surface area (Å²) in [5, 5.41) is 32.8. The summed E-state index contributed by atoms with van der Waals surface area (Å²) in [7, 11) is 0. The van der Waals surface area contributed by atoms with Gasteiger partial charge in [0.05, 0.1) is 5.69 Å². The number of hydrogen-bond acceptors (Lipinski definition) is 6. The van der Waals surface area contributed by atoms with E-state index in [1.807, 2.05) is 18.2 Å². The van der Waals surface area contributed by atoms with Crippen molar-refractivity contribution in [3.63, 3.8) is 0 Å². The molecule has 6 heteroatoms. The predicted molar refractivity (Wildman–Crippen MR) is 120 cm³/mol. The van der Waals surface area contributed by atoms with E-state index in [2.05, 4.69) is 18.8 Å². The second-order valence-electron chi connectivity index (χ2n) is 11.0. The Labute approximate surface area is 191 Å². The van der Waals surface area contributed by atoms with Crippen LogP contribution in [0.4, 0.5) is 0 Å². The number of carbonyl (C=O) groups is 1. The zero-order chi connectivity index (χ0) is 23.1. The van der Waals surface area contributed by atoms with Crippen LogP contribution in [0.25, 0.3) is 0 Å². The highest BCUT2D eigenvalue weighted by molar-refractivity contribution is 5.66. The highest BCUT2D eigenvalue weighted by Gasteiger charge is 2.64. The van der Waals surface area contributed by atoms with E-state index in [0.717, 1.165) is 37.8 Å². The van der Waals surface area contributed by atoms with Crippen LogP contribution in [-0.4, -0.2) is 45.6 Å². The maximum absolute atomic E-state index is 11.9. The van der Waals surface area contributed by atoms with Gasteiger partial charge in [0.1, 0.15) is 11.7 Å². The molecule has 3 unspecified atom stereocenters. The molecule has 0 amide bonds. The minimum Gasteiger partial charge on any atom is -0.463 e. The first kappa shape index (κ1) is 23.7. The second kappa shape index (κ2) is 8.69. The molecule has 6 nitrogen and oxygen atoms in total. The van der Waals surface area contributed by atoms with Gasteiger partial charge in [-0.15, -0.1) is 0 Å². The van der Waals surface area contributed by atoms with Crippen molar-refractivity contribution in [3.05, 3.63) is 30.1 Å². The van der Waals surface area contributed by atoms with Crippen molar-refractivity contribution >= 4 is 5.97 Å². The standard InChI is InChI=1S/C26H39NO5/c1-17(30)32-19-7-10-24(2,18(14-19)15-28)21-8-11-25(3)22(20(21)16-29)9-12-26(25,31)23-6-4-5-13-27-23/h4-6,13,18-22,28-29,31H,7-12,14-16H2,1-3H3/t18?,19?,20-,21+,22+,24?,25+,26-/m1/s1. The maximum Gasteiger partial charge on any atom is 0.302 e. The van der Waals surface area contributed by atoms with Gasteiger partial charge in [-0.3, -0.25) is 9.78 Å². The van der Waals surface area contributed by atoms with Crippen LogP contribution in [-0.2, 0) is 15.1 Å². The topological polar surface area (TPSA) is 99.9 Å². The van der Waals surface area contributed by atoms with Crippen LogP contribution in [0.2, 0.25) is 0 Å². The third-order valence-corrected chi connectivity index (χ3v) is 9.77. The van der Waals surface area contributed by atoms with E-state index in [0.29, 0.717) is 12.8 Å². The molecule has 1 aromatic rings. The molecule has 0 aliphatic heterocycles. The second-order valence-corrected chi connectivity index (χ2v) is 11.0. The number of rotatable bonds is 5. The van der Waals surface area contributed by atoms with E-state index in [-0.39, 0.29) is 59.8 Å². The Morgan fingerprint density at radius 1 is 1.09 bits per heavy atom.